The second-order valence-electron chi connectivity index (χ2n) is 6.18. The number of halogens is 6. The van der Waals surface area contributed by atoms with E-state index in [1.54, 1.807) is 0 Å². The lowest BCUT2D eigenvalue weighted by atomic mass is 10.0. The Hall–Kier alpha value is -3.17. The Morgan fingerprint density at radius 3 is 2.28 bits per heavy atom. The minimum atomic E-state index is -4.92. The van der Waals surface area contributed by atoms with Crippen molar-refractivity contribution < 1.29 is 45.7 Å². The molecule has 2 aromatic rings. The van der Waals surface area contributed by atoms with Crippen LogP contribution in [-0.4, -0.2) is 29.2 Å². The van der Waals surface area contributed by atoms with Gasteiger partial charge in [-0.2, -0.15) is 17.6 Å². The predicted octanol–water partition coefficient (Wildman–Crippen LogP) is 5.23. The van der Waals surface area contributed by atoms with Crippen LogP contribution in [0, 0.1) is 0 Å². The first-order valence-electron chi connectivity index (χ1n) is 8.06. The normalized spacial score (nSPS) is 17.3. The zero-order chi connectivity index (χ0) is 21.4. The number of carboxylic acids is 1. The van der Waals surface area contributed by atoms with Gasteiger partial charge >= 0.3 is 18.2 Å². The number of rotatable bonds is 5. The van der Waals surface area contributed by atoms with Crippen molar-refractivity contribution >= 4 is 12.0 Å². The number of hydrogen-bond donors (Lipinski definition) is 1. The fourth-order valence-electron chi connectivity index (χ4n) is 2.60. The molecular formula is C19H12F6O4. The number of carboxylic acid groups (broad SMARTS) is 1. The SMILES string of the molecule is O=C(O)c1ccccc1CC(F)(F)/C=C/c1ccc2c(c1)OC(F)(F)C(F)(F)O2. The van der Waals surface area contributed by atoms with Gasteiger partial charge in [0, 0.05) is 6.42 Å². The molecule has 0 spiro atoms. The first-order valence-corrected chi connectivity index (χ1v) is 8.06. The molecule has 4 nitrogen and oxygen atoms in total. The summed E-state index contributed by atoms with van der Waals surface area (Å²) in [5.41, 5.74) is -0.415. The lowest BCUT2D eigenvalue weighted by Crippen LogP contribution is -2.52. The van der Waals surface area contributed by atoms with Crippen LogP contribution in [0.1, 0.15) is 21.5 Å². The first-order chi connectivity index (χ1) is 13.4. The number of fused-ring (bicyclic) bond motifs is 1. The van der Waals surface area contributed by atoms with Gasteiger partial charge in [0.05, 0.1) is 5.56 Å². The van der Waals surface area contributed by atoms with Gasteiger partial charge in [-0.05, 0) is 35.4 Å². The average molecular weight is 418 g/mol. The van der Waals surface area contributed by atoms with Gasteiger partial charge in [-0.15, -0.1) is 0 Å². The van der Waals surface area contributed by atoms with E-state index in [0.29, 0.717) is 6.08 Å². The van der Waals surface area contributed by atoms with E-state index in [4.69, 9.17) is 5.11 Å². The molecule has 0 radical (unpaired) electrons. The second kappa shape index (κ2) is 7.02. The van der Waals surface area contributed by atoms with Gasteiger partial charge in [0.1, 0.15) is 0 Å². The van der Waals surface area contributed by atoms with E-state index in [0.717, 1.165) is 24.3 Å². The van der Waals surface area contributed by atoms with Gasteiger partial charge < -0.3 is 14.6 Å². The largest absolute Gasteiger partial charge is 0.507 e. The summed E-state index contributed by atoms with van der Waals surface area (Å²) in [7, 11) is 0. The molecule has 1 heterocycles. The van der Waals surface area contributed by atoms with Crippen molar-refractivity contribution in [1.82, 2.24) is 0 Å². The van der Waals surface area contributed by atoms with Crippen molar-refractivity contribution in [2.45, 2.75) is 24.6 Å². The maximum absolute atomic E-state index is 14.2. The molecule has 0 aromatic heterocycles. The molecule has 0 aliphatic carbocycles. The van der Waals surface area contributed by atoms with Crippen molar-refractivity contribution in [2.75, 3.05) is 0 Å². The van der Waals surface area contributed by atoms with Crippen LogP contribution in [0.15, 0.2) is 48.5 Å². The summed E-state index contributed by atoms with van der Waals surface area (Å²) in [5.74, 6) is -6.23. The molecular weight excluding hydrogens is 406 g/mol. The average Bonchev–Trinajstić information content (AvgIpc) is 2.60. The predicted molar refractivity (Wildman–Crippen MR) is 88.7 cm³/mol. The van der Waals surface area contributed by atoms with Crippen LogP contribution >= 0.6 is 0 Å². The Kier molecular flexibility index (Phi) is 4.97. The van der Waals surface area contributed by atoms with Gasteiger partial charge in [-0.3, -0.25) is 0 Å². The third kappa shape index (κ3) is 4.30. The molecule has 1 aliphatic heterocycles. The number of alkyl halides is 6. The third-order valence-corrected chi connectivity index (χ3v) is 3.98. The van der Waals surface area contributed by atoms with E-state index in [-0.39, 0.29) is 16.7 Å². The molecule has 1 N–H and O–H groups in total. The highest BCUT2D eigenvalue weighted by atomic mass is 19.3. The number of hydrogen-bond acceptors (Lipinski definition) is 3. The standard InChI is InChI=1S/C19H12F6O4/c20-17(21,10-12-3-1-2-4-13(12)16(26)27)8-7-11-5-6-14-15(9-11)29-19(24,25)18(22,23)28-14/h1-9H,10H2,(H,26,27)/b8-7+. The number of allylic oxidation sites excluding steroid dienone is 1. The smallest absolute Gasteiger partial charge is 0.478 e. The fourth-order valence-corrected chi connectivity index (χ4v) is 2.60. The summed E-state index contributed by atoms with van der Waals surface area (Å²) < 4.78 is 89.0. The maximum Gasteiger partial charge on any atom is 0.507 e. The Morgan fingerprint density at radius 2 is 1.62 bits per heavy atom. The van der Waals surface area contributed by atoms with E-state index in [1.165, 1.54) is 24.3 Å². The van der Waals surface area contributed by atoms with Crippen LogP contribution in [-0.2, 0) is 6.42 Å². The number of carbonyl (C=O) groups is 1. The quantitative estimate of drug-likeness (QED) is 0.676. The minimum absolute atomic E-state index is 0.0421. The van der Waals surface area contributed by atoms with E-state index >= 15 is 0 Å². The summed E-state index contributed by atoms with van der Waals surface area (Å²) in [6, 6.07) is 8.07. The molecule has 1 aliphatic rings. The lowest BCUT2D eigenvalue weighted by Gasteiger charge is -2.31. The molecule has 0 atom stereocenters. The zero-order valence-corrected chi connectivity index (χ0v) is 14.3. The molecule has 0 saturated carbocycles. The molecule has 0 saturated heterocycles. The lowest BCUT2D eigenvalue weighted by molar-refractivity contribution is -0.391. The van der Waals surface area contributed by atoms with Crippen molar-refractivity contribution in [3.05, 3.63) is 65.2 Å². The summed E-state index contributed by atoms with van der Waals surface area (Å²) in [5, 5.41) is 9.06. The number of ether oxygens (including phenoxy) is 2. The van der Waals surface area contributed by atoms with Crippen LogP contribution in [0.25, 0.3) is 6.08 Å². The molecule has 154 valence electrons. The van der Waals surface area contributed by atoms with E-state index in [1.807, 2.05) is 0 Å². The van der Waals surface area contributed by atoms with Crippen LogP contribution in [0.3, 0.4) is 0 Å². The summed E-state index contributed by atoms with van der Waals surface area (Å²) in [6.07, 6.45) is -9.39. The molecule has 3 rings (SSSR count). The van der Waals surface area contributed by atoms with Gasteiger partial charge in [0.25, 0.3) is 5.92 Å². The number of aromatic carboxylic acids is 1. The highest BCUT2D eigenvalue weighted by molar-refractivity contribution is 5.89. The Labute approximate surface area is 160 Å². The van der Waals surface area contributed by atoms with Gasteiger partial charge in [0.2, 0.25) is 0 Å². The monoisotopic (exact) mass is 418 g/mol. The first kappa shape index (κ1) is 20.6. The van der Waals surface area contributed by atoms with E-state index in [9.17, 15) is 31.1 Å². The van der Waals surface area contributed by atoms with Crippen LogP contribution in [0.4, 0.5) is 26.3 Å². The molecule has 0 fully saturated rings. The molecule has 29 heavy (non-hydrogen) atoms. The Bertz CT molecular complexity index is 971. The fraction of sp³-hybridized carbons (Fsp3) is 0.211. The van der Waals surface area contributed by atoms with Crippen LogP contribution in [0.5, 0.6) is 11.5 Å². The molecule has 2 aromatic carbocycles. The van der Waals surface area contributed by atoms with Gasteiger partial charge in [-0.1, -0.05) is 30.3 Å². The van der Waals surface area contributed by atoms with E-state index < -0.39 is 42.0 Å². The Balaban J connectivity index is 1.81. The summed E-state index contributed by atoms with van der Waals surface area (Å²) in [4.78, 5) is 11.1. The third-order valence-electron chi connectivity index (χ3n) is 3.98. The maximum atomic E-state index is 14.2. The zero-order valence-electron chi connectivity index (χ0n) is 14.3. The van der Waals surface area contributed by atoms with Gasteiger partial charge in [-0.25, -0.2) is 13.6 Å². The van der Waals surface area contributed by atoms with Crippen molar-refractivity contribution in [2.24, 2.45) is 0 Å². The van der Waals surface area contributed by atoms with Crippen molar-refractivity contribution in [1.29, 1.82) is 0 Å². The van der Waals surface area contributed by atoms with Crippen LogP contribution in [0.2, 0.25) is 0 Å². The second-order valence-corrected chi connectivity index (χ2v) is 6.18. The highest BCUT2D eigenvalue weighted by Crippen LogP contribution is 2.47. The molecule has 0 amide bonds. The van der Waals surface area contributed by atoms with Crippen LogP contribution < -0.4 is 9.47 Å². The van der Waals surface area contributed by atoms with Crippen molar-refractivity contribution in [3.63, 3.8) is 0 Å². The highest BCUT2D eigenvalue weighted by Gasteiger charge is 2.65. The molecule has 0 unspecified atom stereocenters. The van der Waals surface area contributed by atoms with E-state index in [2.05, 4.69) is 9.47 Å². The topological polar surface area (TPSA) is 55.8 Å². The Morgan fingerprint density at radius 1 is 1.00 bits per heavy atom. The molecule has 10 heteroatoms. The molecule has 0 bridgehead atoms. The summed E-state index contributed by atoms with van der Waals surface area (Å²) in [6.45, 7) is 0. The minimum Gasteiger partial charge on any atom is -0.478 e. The van der Waals surface area contributed by atoms with Gasteiger partial charge in [0.15, 0.2) is 11.5 Å². The number of benzene rings is 2. The van der Waals surface area contributed by atoms with Crippen molar-refractivity contribution in [3.8, 4) is 11.5 Å². The summed E-state index contributed by atoms with van der Waals surface area (Å²) >= 11 is 0.